The van der Waals surface area contributed by atoms with Crippen LogP contribution in [-0.4, -0.2) is 55.3 Å². The van der Waals surface area contributed by atoms with Gasteiger partial charge in [-0.2, -0.15) is 0 Å². The van der Waals surface area contributed by atoms with Gasteiger partial charge in [-0.15, -0.1) is 0 Å². The fourth-order valence-electron chi connectivity index (χ4n) is 4.91. The maximum atomic E-state index is 13.5. The largest absolute Gasteiger partial charge is 0.467 e. The van der Waals surface area contributed by atoms with Crippen molar-refractivity contribution in [2.24, 2.45) is 11.7 Å². The Morgan fingerprint density at radius 3 is 2.37 bits per heavy atom. The van der Waals surface area contributed by atoms with Crippen LogP contribution in [0.25, 0.3) is 0 Å². The predicted octanol–water partition coefficient (Wildman–Crippen LogP) is 5.62. The number of rotatable bonds is 18. The summed E-state index contributed by atoms with van der Waals surface area (Å²) in [4.78, 5) is 39.9. The molecule has 1 aliphatic rings. The Balaban J connectivity index is 2.02. The van der Waals surface area contributed by atoms with Crippen LogP contribution in [0.2, 0.25) is 0 Å². The molecule has 1 heterocycles. The van der Waals surface area contributed by atoms with Crippen LogP contribution in [0.5, 0.6) is 5.75 Å². The molecule has 0 aliphatic carbocycles. The van der Waals surface area contributed by atoms with Crippen LogP contribution in [0.1, 0.15) is 108 Å². The number of amides is 2. The average molecular weight is 533 g/mol. The first kappa shape index (κ1) is 31.6. The number of esters is 1. The monoisotopic (exact) mass is 532 g/mol. The SMILES string of the molecule is CCCCCC[C@H](CCCCC[C@@H](C)C(N)=O)OC(=O)[C@@H]1CCCCN1C(=O)c1ccccc1OCOC. The zero-order chi connectivity index (χ0) is 27.8. The van der Waals surface area contributed by atoms with Gasteiger partial charge in [0.25, 0.3) is 5.91 Å². The summed E-state index contributed by atoms with van der Waals surface area (Å²) in [6, 6.07) is 6.46. The highest BCUT2D eigenvalue weighted by Crippen LogP contribution is 2.27. The standard InChI is InChI=1S/C30H48N2O6/c1-4-5-6-9-16-24(17-10-7-8-15-23(2)28(31)33)38-30(35)26-19-13-14-21-32(26)29(34)25-18-11-12-20-27(25)37-22-36-3/h11-12,18,20,23-24,26H,4-10,13-17,19,21-22H2,1-3H3,(H2,31,33)/t23-,24-,26+/m1/s1. The lowest BCUT2D eigenvalue weighted by Gasteiger charge is -2.35. The Morgan fingerprint density at radius 1 is 1.00 bits per heavy atom. The second-order valence-electron chi connectivity index (χ2n) is 10.4. The second kappa shape index (κ2) is 17.8. The number of likely N-dealkylation sites (tertiary alicyclic amines) is 1. The fourth-order valence-corrected chi connectivity index (χ4v) is 4.91. The summed E-state index contributed by atoms with van der Waals surface area (Å²) in [7, 11) is 1.53. The van der Waals surface area contributed by atoms with E-state index in [1.54, 1.807) is 29.2 Å². The maximum Gasteiger partial charge on any atom is 0.329 e. The van der Waals surface area contributed by atoms with Gasteiger partial charge in [-0.1, -0.05) is 58.1 Å². The van der Waals surface area contributed by atoms with Gasteiger partial charge < -0.3 is 24.8 Å². The van der Waals surface area contributed by atoms with E-state index in [2.05, 4.69) is 6.92 Å². The molecule has 8 heteroatoms. The lowest BCUT2D eigenvalue weighted by atomic mass is 9.99. The summed E-state index contributed by atoms with van der Waals surface area (Å²) in [5.41, 5.74) is 5.79. The minimum Gasteiger partial charge on any atom is -0.467 e. The highest BCUT2D eigenvalue weighted by atomic mass is 16.7. The molecule has 1 fully saturated rings. The Kier molecular flexibility index (Phi) is 14.8. The van der Waals surface area contributed by atoms with Gasteiger partial charge in [-0.3, -0.25) is 9.59 Å². The number of nitrogens with zero attached hydrogens (tertiary/aromatic N) is 1. The molecule has 0 unspecified atom stereocenters. The number of carbonyl (C=O) groups is 3. The molecule has 2 amide bonds. The van der Waals surface area contributed by atoms with Gasteiger partial charge in [-0.25, -0.2) is 4.79 Å². The van der Waals surface area contributed by atoms with E-state index >= 15 is 0 Å². The van der Waals surface area contributed by atoms with E-state index in [0.717, 1.165) is 70.6 Å². The molecule has 3 atom stereocenters. The van der Waals surface area contributed by atoms with Crippen molar-refractivity contribution in [1.29, 1.82) is 0 Å². The van der Waals surface area contributed by atoms with Gasteiger partial charge in [0.15, 0.2) is 6.79 Å². The molecule has 0 radical (unpaired) electrons. The molecule has 1 aromatic carbocycles. The van der Waals surface area contributed by atoms with Crippen molar-refractivity contribution in [3.63, 3.8) is 0 Å². The summed E-state index contributed by atoms with van der Waals surface area (Å²) in [5, 5.41) is 0. The molecule has 0 saturated carbocycles. The van der Waals surface area contributed by atoms with Gasteiger partial charge >= 0.3 is 5.97 Å². The summed E-state index contributed by atoms with van der Waals surface area (Å²) >= 11 is 0. The number of hydrogen-bond donors (Lipinski definition) is 1. The minimum absolute atomic E-state index is 0.0386. The van der Waals surface area contributed by atoms with Gasteiger partial charge in [0.1, 0.15) is 17.9 Å². The van der Waals surface area contributed by atoms with E-state index in [1.807, 2.05) is 6.92 Å². The third-order valence-corrected chi connectivity index (χ3v) is 7.30. The number of primary amides is 1. The first-order chi connectivity index (χ1) is 18.4. The van der Waals surface area contributed by atoms with Crippen LogP contribution in [0.15, 0.2) is 24.3 Å². The predicted molar refractivity (Wildman–Crippen MR) is 148 cm³/mol. The Labute approximate surface area is 228 Å². The van der Waals surface area contributed by atoms with Gasteiger partial charge in [0, 0.05) is 19.6 Å². The molecule has 0 spiro atoms. The van der Waals surface area contributed by atoms with Crippen LogP contribution in [0.4, 0.5) is 0 Å². The fraction of sp³-hybridized carbons (Fsp3) is 0.700. The zero-order valence-corrected chi connectivity index (χ0v) is 23.6. The molecule has 214 valence electrons. The van der Waals surface area contributed by atoms with E-state index in [-0.39, 0.29) is 36.6 Å². The Bertz CT molecular complexity index is 861. The van der Waals surface area contributed by atoms with Gasteiger partial charge in [-0.05, 0) is 63.5 Å². The van der Waals surface area contributed by atoms with Crippen LogP contribution in [0, 0.1) is 5.92 Å². The topological polar surface area (TPSA) is 108 Å². The molecule has 38 heavy (non-hydrogen) atoms. The van der Waals surface area contributed by atoms with E-state index in [9.17, 15) is 14.4 Å². The van der Waals surface area contributed by atoms with Crippen LogP contribution in [0.3, 0.4) is 0 Å². The van der Waals surface area contributed by atoms with Crippen molar-refractivity contribution in [1.82, 2.24) is 4.90 Å². The van der Waals surface area contributed by atoms with Gasteiger partial charge in [0.2, 0.25) is 5.91 Å². The molecular formula is C30H48N2O6. The summed E-state index contributed by atoms with van der Waals surface area (Å²) in [5.74, 6) is -0.459. The van der Waals surface area contributed by atoms with E-state index in [1.165, 1.54) is 13.5 Å². The van der Waals surface area contributed by atoms with Crippen molar-refractivity contribution in [2.75, 3.05) is 20.4 Å². The van der Waals surface area contributed by atoms with Crippen molar-refractivity contribution < 1.29 is 28.6 Å². The normalized spacial score (nSPS) is 17.0. The van der Waals surface area contributed by atoms with Crippen LogP contribution >= 0.6 is 0 Å². The lowest BCUT2D eigenvalue weighted by Crippen LogP contribution is -2.49. The third-order valence-electron chi connectivity index (χ3n) is 7.30. The molecule has 0 bridgehead atoms. The lowest BCUT2D eigenvalue weighted by molar-refractivity contribution is -0.156. The van der Waals surface area contributed by atoms with E-state index in [4.69, 9.17) is 19.9 Å². The first-order valence-electron chi connectivity index (χ1n) is 14.4. The smallest absolute Gasteiger partial charge is 0.329 e. The highest BCUT2D eigenvalue weighted by molar-refractivity contribution is 5.99. The highest BCUT2D eigenvalue weighted by Gasteiger charge is 2.35. The second-order valence-corrected chi connectivity index (χ2v) is 10.4. The summed E-state index contributed by atoms with van der Waals surface area (Å²) < 4.78 is 16.7. The molecule has 8 nitrogen and oxygen atoms in total. The van der Waals surface area contributed by atoms with Crippen molar-refractivity contribution in [2.45, 2.75) is 109 Å². The average Bonchev–Trinajstić information content (AvgIpc) is 2.93. The number of ether oxygens (including phenoxy) is 3. The zero-order valence-electron chi connectivity index (χ0n) is 23.6. The molecule has 0 aromatic heterocycles. The maximum absolute atomic E-state index is 13.5. The van der Waals surface area contributed by atoms with Crippen molar-refractivity contribution in [3.8, 4) is 5.75 Å². The molecule has 1 aromatic rings. The summed E-state index contributed by atoms with van der Waals surface area (Å²) in [6.45, 7) is 4.59. The van der Waals surface area contributed by atoms with Crippen molar-refractivity contribution in [3.05, 3.63) is 29.8 Å². The van der Waals surface area contributed by atoms with E-state index in [0.29, 0.717) is 24.3 Å². The molecule has 1 saturated heterocycles. The first-order valence-corrected chi connectivity index (χ1v) is 14.4. The Morgan fingerprint density at radius 2 is 1.68 bits per heavy atom. The molecular weight excluding hydrogens is 484 g/mol. The number of piperidine rings is 1. The number of benzene rings is 1. The quantitative estimate of drug-likeness (QED) is 0.149. The van der Waals surface area contributed by atoms with Gasteiger partial charge in [0.05, 0.1) is 5.56 Å². The van der Waals surface area contributed by atoms with Crippen LogP contribution in [-0.2, 0) is 19.1 Å². The number of para-hydroxylation sites is 1. The number of unbranched alkanes of at least 4 members (excludes halogenated alkanes) is 5. The minimum atomic E-state index is -0.596. The van der Waals surface area contributed by atoms with Crippen LogP contribution < -0.4 is 10.5 Å². The molecule has 2 rings (SSSR count). The van der Waals surface area contributed by atoms with Crippen molar-refractivity contribution >= 4 is 17.8 Å². The Hall–Kier alpha value is -2.61. The number of carbonyl (C=O) groups excluding carboxylic acids is 3. The molecule has 1 aliphatic heterocycles. The number of methoxy groups -OCH3 is 1. The third kappa shape index (κ3) is 10.6. The van der Waals surface area contributed by atoms with E-state index < -0.39 is 6.04 Å². The number of nitrogens with two attached hydrogens (primary N) is 1. The molecule has 2 N–H and O–H groups in total. The number of hydrogen-bond acceptors (Lipinski definition) is 6. The summed E-state index contributed by atoms with van der Waals surface area (Å²) in [6.07, 6.45) is 11.8.